The average Bonchev–Trinajstić information content (AvgIpc) is 3.24. The SMILES string of the molecule is CC(C)C(=O)NCC1C(CN(C)[C@H]2CCCc3cccnc32)N=C2C=CC=C(N3CCN(C)CC3)N21. The molecule has 1 aromatic rings. The molecule has 4 aliphatic rings. The smallest absolute Gasteiger partial charge is 0.222 e. The highest BCUT2D eigenvalue weighted by molar-refractivity contribution is 5.97. The number of amidine groups is 1. The van der Waals surface area contributed by atoms with Crippen molar-refractivity contribution in [3.05, 3.63) is 53.6 Å². The maximum atomic E-state index is 12.6. The van der Waals surface area contributed by atoms with Gasteiger partial charge in [0.2, 0.25) is 5.91 Å². The molecule has 1 aliphatic carbocycles. The van der Waals surface area contributed by atoms with E-state index >= 15 is 0 Å². The number of allylic oxidation sites excluding steroid dienone is 2. The summed E-state index contributed by atoms with van der Waals surface area (Å²) in [7, 11) is 4.40. The third kappa shape index (κ3) is 5.06. The Kier molecular flexibility index (Phi) is 7.44. The van der Waals surface area contributed by atoms with Gasteiger partial charge < -0.3 is 20.0 Å². The van der Waals surface area contributed by atoms with Crippen molar-refractivity contribution in [1.82, 2.24) is 29.9 Å². The predicted octanol–water partition coefficient (Wildman–Crippen LogP) is 2.27. The van der Waals surface area contributed by atoms with Gasteiger partial charge in [-0.2, -0.15) is 0 Å². The van der Waals surface area contributed by atoms with Crippen molar-refractivity contribution in [1.29, 1.82) is 0 Å². The number of hydrogen-bond acceptors (Lipinski definition) is 7. The van der Waals surface area contributed by atoms with Gasteiger partial charge in [0.25, 0.3) is 0 Å². The molecule has 1 N–H and O–H groups in total. The zero-order valence-electron chi connectivity index (χ0n) is 22.2. The van der Waals surface area contributed by atoms with E-state index in [2.05, 4.69) is 63.3 Å². The summed E-state index contributed by atoms with van der Waals surface area (Å²) < 4.78 is 0. The number of nitrogens with one attached hydrogen (secondary N) is 1. The molecule has 0 radical (unpaired) electrons. The molecule has 194 valence electrons. The minimum Gasteiger partial charge on any atom is -0.355 e. The van der Waals surface area contributed by atoms with Gasteiger partial charge in [0.15, 0.2) is 0 Å². The van der Waals surface area contributed by atoms with Crippen molar-refractivity contribution in [2.45, 2.75) is 51.2 Å². The van der Waals surface area contributed by atoms with Crippen molar-refractivity contribution in [3.8, 4) is 0 Å². The van der Waals surface area contributed by atoms with Gasteiger partial charge in [-0.15, -0.1) is 0 Å². The molecule has 3 atom stereocenters. The van der Waals surface area contributed by atoms with E-state index in [1.807, 2.05) is 26.1 Å². The summed E-state index contributed by atoms with van der Waals surface area (Å²) in [6.45, 7) is 9.41. The Hall–Kier alpha value is -2.71. The number of nitrogens with zero attached hydrogens (tertiary/aromatic N) is 6. The number of pyridine rings is 1. The lowest BCUT2D eigenvalue weighted by Gasteiger charge is -2.43. The van der Waals surface area contributed by atoms with Crippen molar-refractivity contribution in [2.24, 2.45) is 10.9 Å². The lowest BCUT2D eigenvalue weighted by molar-refractivity contribution is -0.124. The largest absolute Gasteiger partial charge is 0.355 e. The number of amides is 1. The summed E-state index contributed by atoms with van der Waals surface area (Å²) in [6, 6.07) is 4.72. The lowest BCUT2D eigenvalue weighted by atomic mass is 9.90. The number of aryl methyl sites for hydroxylation is 1. The fraction of sp³-hybridized carbons (Fsp3) is 0.607. The number of likely N-dealkylation sites (N-methyl/N-ethyl adjacent to an activating group) is 2. The summed E-state index contributed by atoms with van der Waals surface area (Å²) >= 11 is 0. The average molecular weight is 492 g/mol. The highest BCUT2D eigenvalue weighted by atomic mass is 16.1. The molecule has 5 rings (SSSR count). The normalized spacial score (nSPS) is 26.1. The van der Waals surface area contributed by atoms with E-state index in [0.717, 1.165) is 51.4 Å². The van der Waals surface area contributed by atoms with E-state index < -0.39 is 0 Å². The molecule has 4 heterocycles. The Morgan fingerprint density at radius 3 is 2.83 bits per heavy atom. The van der Waals surface area contributed by atoms with Crippen LogP contribution in [-0.4, -0.2) is 102 Å². The molecule has 3 aliphatic heterocycles. The van der Waals surface area contributed by atoms with Crippen LogP contribution in [0, 0.1) is 5.92 Å². The van der Waals surface area contributed by atoms with Crippen LogP contribution in [0.3, 0.4) is 0 Å². The fourth-order valence-corrected chi connectivity index (χ4v) is 5.90. The molecule has 0 saturated carbocycles. The van der Waals surface area contributed by atoms with Crippen molar-refractivity contribution in [2.75, 3.05) is 53.4 Å². The van der Waals surface area contributed by atoms with Gasteiger partial charge >= 0.3 is 0 Å². The van der Waals surface area contributed by atoms with Gasteiger partial charge in [0.05, 0.1) is 23.8 Å². The van der Waals surface area contributed by atoms with Crippen LogP contribution >= 0.6 is 0 Å². The Labute approximate surface area is 215 Å². The molecule has 0 aromatic carbocycles. The topological polar surface area (TPSA) is 67.3 Å². The number of aromatic nitrogens is 1. The predicted molar refractivity (Wildman–Crippen MR) is 144 cm³/mol. The van der Waals surface area contributed by atoms with Crippen LogP contribution in [0.15, 0.2) is 47.4 Å². The number of piperazine rings is 1. The molecule has 2 unspecified atom stereocenters. The van der Waals surface area contributed by atoms with Crippen LogP contribution in [0.25, 0.3) is 0 Å². The van der Waals surface area contributed by atoms with Crippen molar-refractivity contribution in [3.63, 3.8) is 0 Å². The zero-order valence-corrected chi connectivity index (χ0v) is 22.2. The zero-order chi connectivity index (χ0) is 25.2. The van der Waals surface area contributed by atoms with Gasteiger partial charge in [-0.1, -0.05) is 26.0 Å². The van der Waals surface area contributed by atoms with Gasteiger partial charge in [0, 0.05) is 51.4 Å². The number of carbonyl (C=O) groups excluding carboxylic acids is 1. The molecule has 36 heavy (non-hydrogen) atoms. The number of hydrogen-bond donors (Lipinski definition) is 1. The minimum absolute atomic E-state index is 0.0355. The summed E-state index contributed by atoms with van der Waals surface area (Å²) in [5.74, 6) is 2.28. The van der Waals surface area contributed by atoms with Crippen LogP contribution in [0.4, 0.5) is 0 Å². The Morgan fingerprint density at radius 2 is 2.06 bits per heavy atom. The van der Waals surface area contributed by atoms with Gasteiger partial charge in [-0.05, 0) is 57.1 Å². The molecule has 1 aromatic heterocycles. The number of aliphatic imine (C=N–C) groups is 1. The third-order valence-electron chi connectivity index (χ3n) is 8.07. The summed E-state index contributed by atoms with van der Waals surface area (Å²) in [6.07, 6.45) is 11.8. The quantitative estimate of drug-likeness (QED) is 0.631. The number of rotatable bonds is 7. The first-order valence-corrected chi connectivity index (χ1v) is 13.5. The number of carbonyl (C=O) groups is 1. The van der Waals surface area contributed by atoms with E-state index in [1.54, 1.807) is 0 Å². The Bertz CT molecular complexity index is 1040. The molecule has 8 heteroatoms. The monoisotopic (exact) mass is 491 g/mol. The number of fused-ring (bicyclic) bond motifs is 2. The summed E-state index contributed by atoms with van der Waals surface area (Å²) in [4.78, 5) is 32.2. The Morgan fingerprint density at radius 1 is 1.25 bits per heavy atom. The molecule has 0 bridgehead atoms. The van der Waals surface area contributed by atoms with E-state index in [1.165, 1.54) is 23.5 Å². The third-order valence-corrected chi connectivity index (χ3v) is 8.07. The van der Waals surface area contributed by atoms with E-state index in [4.69, 9.17) is 9.98 Å². The maximum absolute atomic E-state index is 12.6. The van der Waals surface area contributed by atoms with E-state index in [0.29, 0.717) is 12.6 Å². The van der Waals surface area contributed by atoms with Crippen LogP contribution in [0.2, 0.25) is 0 Å². The van der Waals surface area contributed by atoms with Crippen LogP contribution < -0.4 is 5.32 Å². The lowest BCUT2D eigenvalue weighted by Crippen LogP contribution is -2.54. The van der Waals surface area contributed by atoms with Crippen molar-refractivity contribution >= 4 is 11.7 Å². The van der Waals surface area contributed by atoms with Gasteiger partial charge in [0.1, 0.15) is 11.7 Å². The van der Waals surface area contributed by atoms with E-state index in [-0.39, 0.29) is 23.9 Å². The van der Waals surface area contributed by atoms with Crippen LogP contribution in [0.1, 0.15) is 44.0 Å². The van der Waals surface area contributed by atoms with Gasteiger partial charge in [-0.25, -0.2) is 0 Å². The molecule has 1 fully saturated rings. The molecule has 0 spiro atoms. The highest BCUT2D eigenvalue weighted by Crippen LogP contribution is 2.34. The fourth-order valence-electron chi connectivity index (χ4n) is 5.90. The molecule has 8 nitrogen and oxygen atoms in total. The first kappa shape index (κ1) is 25.0. The first-order valence-electron chi connectivity index (χ1n) is 13.5. The summed E-state index contributed by atoms with van der Waals surface area (Å²) in [5, 5.41) is 3.22. The second-order valence-electron chi connectivity index (χ2n) is 11.0. The minimum atomic E-state index is -0.0355. The second-order valence-corrected chi connectivity index (χ2v) is 11.0. The van der Waals surface area contributed by atoms with Crippen LogP contribution in [-0.2, 0) is 11.2 Å². The first-order chi connectivity index (χ1) is 17.4. The van der Waals surface area contributed by atoms with E-state index in [9.17, 15) is 4.79 Å². The van der Waals surface area contributed by atoms with Gasteiger partial charge in [-0.3, -0.25) is 19.7 Å². The molecule has 1 amide bonds. The second kappa shape index (κ2) is 10.7. The Balaban J connectivity index is 1.37. The summed E-state index contributed by atoms with van der Waals surface area (Å²) in [5.41, 5.74) is 2.59. The highest BCUT2D eigenvalue weighted by Gasteiger charge is 2.41. The maximum Gasteiger partial charge on any atom is 0.222 e. The molecule has 1 saturated heterocycles. The molecular formula is C28H41N7O. The van der Waals surface area contributed by atoms with Crippen LogP contribution in [0.5, 0.6) is 0 Å². The standard InChI is InChI=1S/C28H41N7O/c1-20(2)28(36)30-18-24-22(19-33(4)23-10-5-8-21-9-7-13-29-27(21)23)31-25-11-6-12-26(35(24)25)34-16-14-32(3)15-17-34/h6-7,9,11-13,20,22-24H,5,8,10,14-19H2,1-4H3,(H,30,36)/t22?,23-,24?/m0/s1. The van der Waals surface area contributed by atoms with Crippen molar-refractivity contribution < 1.29 is 4.79 Å². The molecular weight excluding hydrogens is 450 g/mol.